The zero-order valence-electron chi connectivity index (χ0n) is 11.5. The molecule has 0 heterocycles. The normalized spacial score (nSPS) is 11.8. The highest BCUT2D eigenvalue weighted by Gasteiger charge is 2.21. The largest absolute Gasteiger partial charge is 0.466 e. The molecule has 1 amide bonds. The molecule has 0 spiro atoms. The molecule has 0 aliphatic carbocycles. The minimum atomic E-state index is -0.909. The lowest BCUT2D eigenvalue weighted by molar-refractivity contribution is -0.146. The molecule has 20 heavy (non-hydrogen) atoms. The lowest BCUT2D eigenvalue weighted by Crippen LogP contribution is -2.42. The van der Waals surface area contributed by atoms with Gasteiger partial charge in [0.05, 0.1) is 13.7 Å². The van der Waals surface area contributed by atoms with Gasteiger partial charge in [-0.25, -0.2) is 9.59 Å². The third-order valence-corrected chi connectivity index (χ3v) is 2.82. The van der Waals surface area contributed by atoms with Crippen LogP contribution in [-0.4, -0.2) is 48.5 Å². The Morgan fingerprint density at radius 1 is 1.25 bits per heavy atom. The van der Waals surface area contributed by atoms with Crippen LogP contribution in [0, 0.1) is 0 Å². The van der Waals surface area contributed by atoms with Gasteiger partial charge in [0, 0.05) is 18.8 Å². The summed E-state index contributed by atoms with van der Waals surface area (Å²) in [5.74, 6) is -1.65. The quantitative estimate of drug-likeness (QED) is 0.524. The average Bonchev–Trinajstić information content (AvgIpc) is 2.40. The number of ether oxygens (including phenoxy) is 2. The number of methoxy groups -OCH3 is 1. The first-order chi connectivity index (χ1) is 9.40. The monoisotopic (exact) mass is 303 g/mol. The summed E-state index contributed by atoms with van der Waals surface area (Å²) in [6.07, 6.45) is 2.01. The van der Waals surface area contributed by atoms with Gasteiger partial charge >= 0.3 is 11.9 Å². The molecular formula is C12H17NO6S. The van der Waals surface area contributed by atoms with Crippen LogP contribution in [0.5, 0.6) is 0 Å². The molecule has 1 atom stereocenters. The molecule has 0 radical (unpaired) electrons. The van der Waals surface area contributed by atoms with E-state index in [1.165, 1.54) is 14.0 Å². The summed E-state index contributed by atoms with van der Waals surface area (Å²) in [6.45, 7) is 3.08. The predicted molar refractivity (Wildman–Crippen MR) is 72.9 cm³/mol. The first-order valence-corrected chi connectivity index (χ1v) is 6.75. The number of hydrogen-bond donors (Lipinski definition) is 1. The molecule has 0 bridgehead atoms. The Balaban J connectivity index is 4.41. The lowest BCUT2D eigenvalue weighted by atomic mass is 10.3. The molecule has 0 saturated heterocycles. The minimum Gasteiger partial charge on any atom is -0.466 e. The molecule has 0 rings (SSSR count). The van der Waals surface area contributed by atoms with Gasteiger partial charge in [0.2, 0.25) is 11.0 Å². The van der Waals surface area contributed by atoms with E-state index in [9.17, 15) is 19.2 Å². The van der Waals surface area contributed by atoms with Gasteiger partial charge in [-0.15, -0.1) is 0 Å². The standard InChI is InChI=1S/C12H17NO6S/c1-4-19-12(17)9(13-8(2)14)7-20-11(16)6-5-10(15)18-3/h5-6,9H,4,7H2,1-3H3,(H,13,14)/b6-5+/t9-/m0/s1. The molecule has 0 fully saturated rings. The van der Waals surface area contributed by atoms with Crippen LogP contribution in [0.3, 0.4) is 0 Å². The number of carbonyl (C=O) groups excluding carboxylic acids is 4. The number of esters is 2. The van der Waals surface area contributed by atoms with Gasteiger partial charge in [-0.05, 0) is 13.0 Å². The predicted octanol–water partition coefficient (Wildman–Crippen LogP) is 0.0432. The molecule has 0 saturated carbocycles. The summed E-state index contributed by atoms with van der Waals surface area (Å²) >= 11 is 0.784. The summed E-state index contributed by atoms with van der Waals surface area (Å²) in [5, 5.41) is 1.96. The van der Waals surface area contributed by atoms with E-state index < -0.39 is 29.0 Å². The first-order valence-electron chi connectivity index (χ1n) is 5.77. The second-order valence-electron chi connectivity index (χ2n) is 3.49. The highest BCUT2D eigenvalue weighted by molar-refractivity contribution is 8.14. The highest BCUT2D eigenvalue weighted by Crippen LogP contribution is 2.07. The smallest absolute Gasteiger partial charge is 0.330 e. The van der Waals surface area contributed by atoms with Crippen LogP contribution >= 0.6 is 11.8 Å². The van der Waals surface area contributed by atoms with Crippen molar-refractivity contribution >= 4 is 34.7 Å². The van der Waals surface area contributed by atoms with Crippen molar-refractivity contribution < 1.29 is 28.7 Å². The van der Waals surface area contributed by atoms with E-state index >= 15 is 0 Å². The lowest BCUT2D eigenvalue weighted by Gasteiger charge is -2.14. The van der Waals surface area contributed by atoms with Crippen LogP contribution in [0.2, 0.25) is 0 Å². The molecule has 112 valence electrons. The Morgan fingerprint density at radius 3 is 2.40 bits per heavy atom. The molecule has 0 aromatic carbocycles. The molecule has 7 nitrogen and oxygen atoms in total. The SMILES string of the molecule is CCOC(=O)[C@H](CSC(=O)/C=C/C(=O)OC)NC(C)=O. The van der Waals surface area contributed by atoms with E-state index in [0.29, 0.717) is 0 Å². The highest BCUT2D eigenvalue weighted by atomic mass is 32.2. The fourth-order valence-electron chi connectivity index (χ4n) is 1.07. The second-order valence-corrected chi connectivity index (χ2v) is 4.52. The van der Waals surface area contributed by atoms with E-state index in [1.807, 2.05) is 0 Å². The van der Waals surface area contributed by atoms with Crippen molar-refractivity contribution in [2.75, 3.05) is 19.5 Å². The van der Waals surface area contributed by atoms with Crippen LogP contribution in [0.1, 0.15) is 13.8 Å². The summed E-state index contributed by atoms with van der Waals surface area (Å²) in [7, 11) is 1.19. The Labute approximate surface area is 121 Å². The van der Waals surface area contributed by atoms with Crippen molar-refractivity contribution in [1.29, 1.82) is 0 Å². The van der Waals surface area contributed by atoms with Gasteiger partial charge in [0.15, 0.2) is 0 Å². The van der Waals surface area contributed by atoms with Gasteiger partial charge < -0.3 is 14.8 Å². The van der Waals surface area contributed by atoms with E-state index in [0.717, 1.165) is 23.9 Å². The Hall–Kier alpha value is -1.83. The fourth-order valence-corrected chi connectivity index (χ4v) is 1.79. The van der Waals surface area contributed by atoms with Crippen LogP contribution in [0.4, 0.5) is 0 Å². The van der Waals surface area contributed by atoms with Crippen molar-refractivity contribution in [1.82, 2.24) is 5.32 Å². The van der Waals surface area contributed by atoms with Gasteiger partial charge in [0.1, 0.15) is 6.04 Å². The molecule has 0 unspecified atom stereocenters. The van der Waals surface area contributed by atoms with Crippen LogP contribution in [0.25, 0.3) is 0 Å². The Bertz CT molecular complexity index is 407. The zero-order chi connectivity index (χ0) is 15.5. The molecule has 0 aromatic rings. The molecule has 1 N–H and O–H groups in total. The zero-order valence-corrected chi connectivity index (χ0v) is 12.3. The number of carbonyl (C=O) groups is 4. The van der Waals surface area contributed by atoms with Crippen LogP contribution in [0.15, 0.2) is 12.2 Å². The molecule has 0 aromatic heterocycles. The van der Waals surface area contributed by atoms with Crippen molar-refractivity contribution in [3.8, 4) is 0 Å². The summed E-state index contributed by atoms with van der Waals surface area (Å²) in [5.41, 5.74) is 0. The topological polar surface area (TPSA) is 98.8 Å². The average molecular weight is 303 g/mol. The maximum atomic E-state index is 11.5. The van der Waals surface area contributed by atoms with Crippen molar-refractivity contribution in [2.24, 2.45) is 0 Å². The third-order valence-electron chi connectivity index (χ3n) is 1.90. The van der Waals surface area contributed by atoms with Gasteiger partial charge in [0.25, 0.3) is 0 Å². The van der Waals surface area contributed by atoms with Crippen LogP contribution < -0.4 is 5.32 Å². The second kappa shape index (κ2) is 10.0. The van der Waals surface area contributed by atoms with Crippen molar-refractivity contribution in [3.63, 3.8) is 0 Å². The van der Waals surface area contributed by atoms with Gasteiger partial charge in [-0.2, -0.15) is 0 Å². The summed E-state index contributed by atoms with van der Waals surface area (Å²) in [4.78, 5) is 44.8. The first kappa shape index (κ1) is 18.2. The van der Waals surface area contributed by atoms with Crippen LogP contribution in [-0.2, 0) is 28.7 Å². The summed E-state index contributed by atoms with van der Waals surface area (Å²) < 4.78 is 9.11. The van der Waals surface area contributed by atoms with Gasteiger partial charge in [-0.1, -0.05) is 11.8 Å². The Kier molecular flexibility index (Phi) is 9.10. The third kappa shape index (κ3) is 8.30. The Morgan fingerprint density at radius 2 is 1.90 bits per heavy atom. The van der Waals surface area contributed by atoms with Crippen molar-refractivity contribution in [2.45, 2.75) is 19.9 Å². The summed E-state index contributed by atoms with van der Waals surface area (Å²) in [6, 6.07) is -0.909. The molecule has 0 aliphatic rings. The van der Waals surface area contributed by atoms with E-state index in [4.69, 9.17) is 4.74 Å². The number of hydrogen-bond acceptors (Lipinski definition) is 7. The number of thioether (sulfide) groups is 1. The van der Waals surface area contributed by atoms with Gasteiger partial charge in [-0.3, -0.25) is 9.59 Å². The molecule has 0 aliphatic heterocycles. The van der Waals surface area contributed by atoms with E-state index in [2.05, 4.69) is 10.1 Å². The number of nitrogens with one attached hydrogen (secondary N) is 1. The number of amides is 1. The maximum absolute atomic E-state index is 11.5. The maximum Gasteiger partial charge on any atom is 0.330 e. The van der Waals surface area contributed by atoms with Crippen molar-refractivity contribution in [3.05, 3.63) is 12.2 Å². The molecule has 8 heteroatoms. The van der Waals surface area contributed by atoms with E-state index in [1.54, 1.807) is 6.92 Å². The fraction of sp³-hybridized carbons (Fsp3) is 0.500. The minimum absolute atomic E-state index is 0.0166. The molecular weight excluding hydrogens is 286 g/mol. The van der Waals surface area contributed by atoms with E-state index in [-0.39, 0.29) is 12.4 Å². The number of rotatable bonds is 7.